The number of pyridine rings is 1. The standard InChI is InChI=1S/C11H11ClF3NO3S/c1-5(17)20-4-8(18)9(19)6-2-7(11(13,14)15)10(12)16-3-6/h2-3,8-9,18-19H,4H2,1H3. The summed E-state index contributed by atoms with van der Waals surface area (Å²) in [6.45, 7) is 1.27. The number of alkyl halides is 3. The molecule has 0 saturated carbocycles. The van der Waals surface area contributed by atoms with Crippen LogP contribution in [-0.4, -0.2) is 32.2 Å². The largest absolute Gasteiger partial charge is 0.419 e. The van der Waals surface area contributed by atoms with E-state index in [0.29, 0.717) is 6.07 Å². The van der Waals surface area contributed by atoms with E-state index < -0.39 is 29.1 Å². The summed E-state index contributed by atoms with van der Waals surface area (Å²) in [5.41, 5.74) is -1.42. The number of aliphatic hydroxyl groups excluding tert-OH is 2. The van der Waals surface area contributed by atoms with Crippen LogP contribution in [0, 0.1) is 0 Å². The lowest BCUT2D eigenvalue weighted by Crippen LogP contribution is -2.22. The summed E-state index contributed by atoms with van der Waals surface area (Å²) in [6, 6.07) is 0.627. The predicted octanol–water partition coefficient (Wildman–Crippen LogP) is 2.43. The summed E-state index contributed by atoms with van der Waals surface area (Å²) in [5.74, 6) is -0.138. The van der Waals surface area contributed by atoms with Crippen molar-refractivity contribution in [2.75, 3.05) is 5.75 Å². The first-order valence-electron chi connectivity index (χ1n) is 5.35. The number of aliphatic hydroxyl groups is 2. The maximum Gasteiger partial charge on any atom is 0.419 e. The topological polar surface area (TPSA) is 70.4 Å². The third-order valence-electron chi connectivity index (χ3n) is 2.33. The number of hydrogen-bond donors (Lipinski definition) is 2. The van der Waals surface area contributed by atoms with Crippen molar-refractivity contribution in [3.8, 4) is 0 Å². The Labute approximate surface area is 122 Å². The predicted molar refractivity (Wildman–Crippen MR) is 68.4 cm³/mol. The molecule has 1 aromatic rings. The highest BCUT2D eigenvalue weighted by atomic mass is 35.5. The second kappa shape index (κ2) is 6.75. The van der Waals surface area contributed by atoms with Crippen LogP contribution in [0.5, 0.6) is 0 Å². The van der Waals surface area contributed by atoms with E-state index in [0.717, 1.165) is 18.0 Å². The zero-order valence-electron chi connectivity index (χ0n) is 10.2. The smallest absolute Gasteiger partial charge is 0.389 e. The van der Waals surface area contributed by atoms with Crippen LogP contribution in [-0.2, 0) is 11.0 Å². The summed E-state index contributed by atoms with van der Waals surface area (Å²) >= 11 is 6.10. The average Bonchev–Trinajstić information content (AvgIpc) is 2.34. The van der Waals surface area contributed by atoms with Crippen molar-refractivity contribution in [2.45, 2.75) is 25.3 Å². The number of hydrogen-bond acceptors (Lipinski definition) is 5. The van der Waals surface area contributed by atoms with Gasteiger partial charge in [-0.3, -0.25) is 4.79 Å². The van der Waals surface area contributed by atoms with Gasteiger partial charge in [0.15, 0.2) is 5.12 Å². The van der Waals surface area contributed by atoms with Gasteiger partial charge in [-0.2, -0.15) is 13.2 Å². The van der Waals surface area contributed by atoms with Gasteiger partial charge < -0.3 is 10.2 Å². The van der Waals surface area contributed by atoms with Crippen LogP contribution in [0.1, 0.15) is 24.2 Å². The number of thioether (sulfide) groups is 1. The summed E-state index contributed by atoms with van der Waals surface area (Å²) in [4.78, 5) is 14.1. The molecule has 0 aliphatic rings. The molecule has 0 aromatic carbocycles. The number of carbonyl (C=O) groups is 1. The summed E-state index contributed by atoms with van der Waals surface area (Å²) < 4.78 is 37.9. The van der Waals surface area contributed by atoms with Crippen molar-refractivity contribution < 1.29 is 28.2 Å². The molecule has 0 aliphatic carbocycles. The van der Waals surface area contributed by atoms with Crippen LogP contribution < -0.4 is 0 Å². The van der Waals surface area contributed by atoms with E-state index in [-0.39, 0.29) is 16.4 Å². The highest BCUT2D eigenvalue weighted by molar-refractivity contribution is 8.13. The lowest BCUT2D eigenvalue weighted by molar-refractivity contribution is -0.137. The SMILES string of the molecule is CC(=O)SCC(O)C(O)c1cnc(Cl)c(C(F)(F)F)c1. The molecule has 20 heavy (non-hydrogen) atoms. The van der Waals surface area contributed by atoms with Crippen LogP contribution in [0.25, 0.3) is 0 Å². The van der Waals surface area contributed by atoms with Gasteiger partial charge >= 0.3 is 6.18 Å². The van der Waals surface area contributed by atoms with Gasteiger partial charge in [-0.1, -0.05) is 23.4 Å². The van der Waals surface area contributed by atoms with Gasteiger partial charge in [0.25, 0.3) is 0 Å². The normalized spacial score (nSPS) is 14.9. The summed E-state index contributed by atoms with van der Waals surface area (Å²) in [5, 5.41) is 18.4. The first-order chi connectivity index (χ1) is 9.12. The fraction of sp³-hybridized carbons (Fsp3) is 0.455. The second-order valence-corrected chi connectivity index (χ2v) is 5.47. The molecule has 112 valence electrons. The Hall–Kier alpha value is -0.830. The molecule has 0 fully saturated rings. The molecule has 0 spiro atoms. The van der Waals surface area contributed by atoms with E-state index in [1.807, 2.05) is 0 Å². The van der Waals surface area contributed by atoms with Crippen LogP contribution in [0.2, 0.25) is 5.15 Å². The number of nitrogens with zero attached hydrogens (tertiary/aromatic N) is 1. The molecule has 0 amide bonds. The third kappa shape index (κ3) is 4.62. The van der Waals surface area contributed by atoms with Gasteiger partial charge in [-0.05, 0) is 6.07 Å². The lowest BCUT2D eigenvalue weighted by atomic mass is 10.1. The highest BCUT2D eigenvalue weighted by Crippen LogP contribution is 2.35. The highest BCUT2D eigenvalue weighted by Gasteiger charge is 2.35. The molecule has 2 atom stereocenters. The number of carbonyl (C=O) groups excluding carboxylic acids is 1. The Morgan fingerprint density at radius 2 is 2.10 bits per heavy atom. The summed E-state index contributed by atoms with van der Waals surface area (Å²) in [6.07, 6.45) is -6.75. The molecular weight excluding hydrogens is 319 g/mol. The monoisotopic (exact) mass is 329 g/mol. The first kappa shape index (κ1) is 17.2. The minimum absolute atomic E-state index is 0.138. The zero-order chi connectivity index (χ0) is 15.5. The second-order valence-electron chi connectivity index (χ2n) is 3.92. The van der Waals surface area contributed by atoms with Crippen molar-refractivity contribution in [3.63, 3.8) is 0 Å². The van der Waals surface area contributed by atoms with Crippen molar-refractivity contribution >= 4 is 28.5 Å². The summed E-state index contributed by atoms with van der Waals surface area (Å²) in [7, 11) is 0. The molecule has 1 rings (SSSR count). The minimum Gasteiger partial charge on any atom is -0.389 e. The average molecular weight is 330 g/mol. The zero-order valence-corrected chi connectivity index (χ0v) is 11.8. The fourth-order valence-corrected chi connectivity index (χ4v) is 2.14. The molecule has 4 nitrogen and oxygen atoms in total. The van der Waals surface area contributed by atoms with Crippen LogP contribution >= 0.6 is 23.4 Å². The van der Waals surface area contributed by atoms with E-state index in [1.54, 1.807) is 0 Å². The van der Waals surface area contributed by atoms with E-state index in [4.69, 9.17) is 11.6 Å². The minimum atomic E-state index is -4.71. The molecule has 2 unspecified atom stereocenters. The molecule has 0 bridgehead atoms. The Balaban J connectivity index is 2.94. The molecular formula is C11H11ClF3NO3S. The van der Waals surface area contributed by atoms with Gasteiger partial charge in [-0.15, -0.1) is 0 Å². The Kier molecular flexibility index (Phi) is 5.81. The number of halogens is 4. The maximum absolute atomic E-state index is 12.6. The first-order valence-corrected chi connectivity index (χ1v) is 6.71. The van der Waals surface area contributed by atoms with Gasteiger partial charge in [0.05, 0.1) is 11.7 Å². The van der Waals surface area contributed by atoms with Crippen molar-refractivity contribution in [1.82, 2.24) is 4.98 Å². The molecule has 0 radical (unpaired) electrons. The fourth-order valence-electron chi connectivity index (χ4n) is 1.34. The van der Waals surface area contributed by atoms with E-state index in [1.165, 1.54) is 6.92 Å². The molecule has 0 saturated heterocycles. The quantitative estimate of drug-likeness (QED) is 0.830. The number of aromatic nitrogens is 1. The Bertz CT molecular complexity index is 498. The molecule has 9 heteroatoms. The van der Waals surface area contributed by atoms with Gasteiger partial charge in [0.1, 0.15) is 11.3 Å². The van der Waals surface area contributed by atoms with E-state index >= 15 is 0 Å². The third-order valence-corrected chi connectivity index (χ3v) is 3.54. The molecule has 2 N–H and O–H groups in total. The molecule has 1 heterocycles. The van der Waals surface area contributed by atoms with E-state index in [9.17, 15) is 28.2 Å². The molecule has 0 aliphatic heterocycles. The lowest BCUT2D eigenvalue weighted by Gasteiger charge is -2.18. The van der Waals surface area contributed by atoms with Crippen LogP contribution in [0.15, 0.2) is 12.3 Å². The maximum atomic E-state index is 12.6. The van der Waals surface area contributed by atoms with Crippen LogP contribution in [0.3, 0.4) is 0 Å². The van der Waals surface area contributed by atoms with Crippen molar-refractivity contribution in [3.05, 3.63) is 28.5 Å². The Morgan fingerprint density at radius 1 is 1.50 bits per heavy atom. The number of rotatable bonds is 4. The van der Waals surface area contributed by atoms with Crippen LogP contribution in [0.4, 0.5) is 13.2 Å². The Morgan fingerprint density at radius 3 is 2.60 bits per heavy atom. The molecule has 1 aromatic heterocycles. The van der Waals surface area contributed by atoms with Gasteiger partial charge in [-0.25, -0.2) is 4.98 Å². The van der Waals surface area contributed by atoms with Gasteiger partial charge in [0.2, 0.25) is 0 Å². The van der Waals surface area contributed by atoms with Gasteiger partial charge in [0, 0.05) is 24.4 Å². The van der Waals surface area contributed by atoms with Crippen molar-refractivity contribution in [1.29, 1.82) is 0 Å². The van der Waals surface area contributed by atoms with E-state index in [2.05, 4.69) is 4.98 Å². The van der Waals surface area contributed by atoms with Crippen molar-refractivity contribution in [2.24, 2.45) is 0 Å².